The molecule has 4 N–H and O–H groups in total. The molecule has 5 aromatic rings. The van der Waals surface area contributed by atoms with Crippen LogP contribution in [0.4, 0.5) is 5.69 Å². The van der Waals surface area contributed by atoms with Crippen molar-refractivity contribution in [1.29, 1.82) is 0 Å². The number of aryl methyl sites for hydroxylation is 3. The number of hydrogen-bond donors (Lipinski definition) is 3. The molecule has 0 unspecified atom stereocenters. The minimum absolute atomic E-state index is 0.0848. The number of nitrogen functional groups attached to an aromatic ring is 1. The monoisotopic (exact) mass is 764 g/mol. The fourth-order valence-corrected chi connectivity index (χ4v) is 10.5. The van der Waals surface area contributed by atoms with E-state index >= 15 is 0 Å². The van der Waals surface area contributed by atoms with Crippen molar-refractivity contribution in [3.05, 3.63) is 85.0 Å². The third-order valence-electron chi connectivity index (χ3n) is 10.1. The predicted octanol–water partition coefficient (Wildman–Crippen LogP) is 4.08. The van der Waals surface area contributed by atoms with Gasteiger partial charge in [-0.2, -0.15) is 0 Å². The summed E-state index contributed by atoms with van der Waals surface area (Å²) in [5.74, 6) is 0.753. The first kappa shape index (κ1) is 38.2. The van der Waals surface area contributed by atoms with Crippen LogP contribution in [0.25, 0.3) is 5.69 Å². The van der Waals surface area contributed by atoms with E-state index in [0.717, 1.165) is 74.0 Å². The SMILES string of the molecule is CCc1cc(-n2cnnc2C)ccc1S(=O)(=O)N[C@H]1CCC[C@@H](n2cnnc2)C1.CCc1cc(N)ccc1S(=O)(=O)N[C@H]1CCC[C@@H](n2cnnc2)C1. The average Bonchev–Trinajstić information content (AvgIpc) is 3.96. The zero-order valence-corrected chi connectivity index (χ0v) is 31.9. The maximum Gasteiger partial charge on any atom is 0.241 e. The molecule has 2 fully saturated rings. The zero-order valence-electron chi connectivity index (χ0n) is 30.3. The minimum Gasteiger partial charge on any atom is -0.399 e. The molecule has 4 atom stereocenters. The molecule has 7 rings (SSSR count). The van der Waals surface area contributed by atoms with E-state index in [4.69, 9.17) is 5.73 Å². The van der Waals surface area contributed by atoms with E-state index in [9.17, 15) is 16.8 Å². The van der Waals surface area contributed by atoms with E-state index < -0.39 is 20.0 Å². The van der Waals surface area contributed by atoms with Crippen LogP contribution >= 0.6 is 0 Å². The number of hydrogen-bond acceptors (Lipinski definition) is 11. The Kier molecular flexibility index (Phi) is 12.0. The molecule has 0 saturated heterocycles. The van der Waals surface area contributed by atoms with Crippen molar-refractivity contribution in [1.82, 2.24) is 53.7 Å². The molecule has 284 valence electrons. The van der Waals surface area contributed by atoms with Gasteiger partial charge < -0.3 is 14.9 Å². The topological polar surface area (TPSA) is 210 Å². The van der Waals surface area contributed by atoms with Gasteiger partial charge in [-0.25, -0.2) is 26.3 Å². The van der Waals surface area contributed by atoms with Crippen molar-refractivity contribution in [2.24, 2.45) is 0 Å². The van der Waals surface area contributed by atoms with Crippen molar-refractivity contribution in [3.63, 3.8) is 0 Å². The van der Waals surface area contributed by atoms with Gasteiger partial charge in [-0.15, -0.1) is 30.6 Å². The van der Waals surface area contributed by atoms with Gasteiger partial charge in [0.25, 0.3) is 0 Å². The number of rotatable bonds is 11. The highest BCUT2D eigenvalue weighted by atomic mass is 32.2. The van der Waals surface area contributed by atoms with Crippen molar-refractivity contribution in [2.75, 3.05) is 5.73 Å². The lowest BCUT2D eigenvalue weighted by molar-refractivity contribution is 0.305. The van der Waals surface area contributed by atoms with Crippen LogP contribution in [-0.4, -0.2) is 73.2 Å². The molecule has 2 aliphatic carbocycles. The zero-order chi connectivity index (χ0) is 37.6. The lowest BCUT2D eigenvalue weighted by atomic mass is 9.91. The molecular formula is C35H48N12O4S2. The number of nitrogens with one attached hydrogen (secondary N) is 2. The molecule has 0 aliphatic heterocycles. The van der Waals surface area contributed by atoms with Crippen LogP contribution < -0.4 is 15.2 Å². The van der Waals surface area contributed by atoms with Crippen molar-refractivity contribution >= 4 is 25.7 Å². The van der Waals surface area contributed by atoms with E-state index in [0.29, 0.717) is 28.3 Å². The van der Waals surface area contributed by atoms with Gasteiger partial charge in [0.2, 0.25) is 20.0 Å². The van der Waals surface area contributed by atoms with E-state index in [1.165, 1.54) is 0 Å². The molecular weight excluding hydrogens is 717 g/mol. The molecule has 0 amide bonds. The Bertz CT molecular complexity index is 2170. The second-order valence-electron chi connectivity index (χ2n) is 13.7. The maximum atomic E-state index is 13.2. The standard InChI is InChI=1S/C19H25N7O2S.C16H23N5O2S/c1-3-15-9-18(26-13-22-23-14(26)2)7-8-19(15)29(27,28)24-16-5-4-6-17(10-16)25-11-20-21-12-25;1-2-12-8-13(17)6-7-16(12)24(22,23)20-14-4-3-5-15(9-14)21-10-18-19-11-21/h7-9,11-13,16-17,24H,3-6,10H2,1-2H3;6-8,10-11,14-15,20H,2-5,9,17H2,1H3/t16-,17+;14-,15+/m00/s1. The molecule has 53 heavy (non-hydrogen) atoms. The highest BCUT2D eigenvalue weighted by Gasteiger charge is 2.30. The van der Waals surface area contributed by atoms with Crippen LogP contribution in [0, 0.1) is 6.92 Å². The van der Waals surface area contributed by atoms with Gasteiger partial charge in [0.15, 0.2) is 0 Å². The normalized spacial score (nSPS) is 20.8. The van der Waals surface area contributed by atoms with Gasteiger partial charge in [0.1, 0.15) is 37.5 Å². The Balaban J connectivity index is 0.000000185. The summed E-state index contributed by atoms with van der Waals surface area (Å²) in [7, 11) is -7.18. The second-order valence-corrected chi connectivity index (χ2v) is 17.1. The first-order chi connectivity index (χ1) is 25.5. The first-order valence-corrected chi connectivity index (χ1v) is 21.0. The molecule has 0 radical (unpaired) electrons. The quantitative estimate of drug-likeness (QED) is 0.163. The van der Waals surface area contributed by atoms with E-state index in [1.807, 2.05) is 40.5 Å². The fourth-order valence-electron chi connectivity index (χ4n) is 7.38. The number of nitrogens with zero attached hydrogens (tertiary/aromatic N) is 9. The van der Waals surface area contributed by atoms with E-state index in [-0.39, 0.29) is 24.2 Å². The van der Waals surface area contributed by atoms with Gasteiger partial charge in [-0.3, -0.25) is 4.57 Å². The third kappa shape index (κ3) is 9.17. The number of sulfonamides is 2. The average molecular weight is 765 g/mol. The van der Waals surface area contributed by atoms with Crippen LogP contribution in [0.2, 0.25) is 0 Å². The number of nitrogens with two attached hydrogens (primary N) is 1. The summed E-state index contributed by atoms with van der Waals surface area (Å²) in [6.45, 7) is 5.75. The predicted molar refractivity (Wildman–Crippen MR) is 199 cm³/mol. The summed E-state index contributed by atoms with van der Waals surface area (Å²) >= 11 is 0. The van der Waals surface area contributed by atoms with Crippen molar-refractivity contribution < 1.29 is 16.8 Å². The van der Waals surface area contributed by atoms with Crippen LogP contribution in [0.5, 0.6) is 0 Å². The Morgan fingerprint density at radius 3 is 1.64 bits per heavy atom. The Morgan fingerprint density at radius 1 is 0.679 bits per heavy atom. The molecule has 2 saturated carbocycles. The Hall–Kier alpha value is -4.52. The van der Waals surface area contributed by atoms with Crippen molar-refractivity contribution in [2.45, 2.75) is 119 Å². The first-order valence-electron chi connectivity index (χ1n) is 18.1. The number of benzene rings is 2. The van der Waals surface area contributed by atoms with Crippen LogP contribution in [0.1, 0.15) is 94.2 Å². The molecule has 0 spiro atoms. The van der Waals surface area contributed by atoms with Crippen molar-refractivity contribution in [3.8, 4) is 5.69 Å². The fraction of sp³-hybridized carbons (Fsp3) is 0.486. The summed E-state index contributed by atoms with van der Waals surface area (Å²) in [5, 5.41) is 23.3. The minimum atomic E-state index is -3.62. The molecule has 3 aromatic heterocycles. The van der Waals surface area contributed by atoms with Gasteiger partial charge in [-0.05, 0) is 119 Å². The molecule has 2 aromatic carbocycles. The van der Waals surface area contributed by atoms with Gasteiger partial charge in [0.05, 0.1) is 9.79 Å². The summed E-state index contributed by atoms with van der Waals surface area (Å²) in [5.41, 5.74) is 8.72. The summed E-state index contributed by atoms with van der Waals surface area (Å²) in [4.78, 5) is 0.659. The Morgan fingerprint density at radius 2 is 1.17 bits per heavy atom. The third-order valence-corrected chi connectivity index (χ3v) is 13.4. The van der Waals surface area contributed by atoms with Crippen LogP contribution in [-0.2, 0) is 32.9 Å². The lowest BCUT2D eigenvalue weighted by Crippen LogP contribution is -2.39. The number of aromatic nitrogens is 9. The summed E-state index contributed by atoms with van der Waals surface area (Å²) in [6, 6.07) is 10.6. The smallest absolute Gasteiger partial charge is 0.241 e. The summed E-state index contributed by atoms with van der Waals surface area (Å²) < 4.78 is 63.5. The molecule has 18 heteroatoms. The highest BCUT2D eigenvalue weighted by molar-refractivity contribution is 7.89. The molecule has 3 heterocycles. The van der Waals surface area contributed by atoms with Gasteiger partial charge in [0, 0.05) is 35.5 Å². The number of anilines is 1. The van der Waals surface area contributed by atoms with Gasteiger partial charge in [-0.1, -0.05) is 13.8 Å². The largest absolute Gasteiger partial charge is 0.399 e. The van der Waals surface area contributed by atoms with E-state index in [2.05, 4.69) is 40.0 Å². The molecule has 2 aliphatic rings. The van der Waals surface area contributed by atoms with Gasteiger partial charge >= 0.3 is 0 Å². The maximum absolute atomic E-state index is 13.2. The summed E-state index contributed by atoms with van der Waals surface area (Å²) in [6.07, 6.45) is 16.7. The van der Waals surface area contributed by atoms with Crippen LogP contribution in [0.3, 0.4) is 0 Å². The molecule has 0 bridgehead atoms. The highest BCUT2D eigenvalue weighted by Crippen LogP contribution is 2.31. The van der Waals surface area contributed by atoms with Crippen LogP contribution in [0.15, 0.2) is 77.8 Å². The lowest BCUT2D eigenvalue weighted by Gasteiger charge is -2.30. The second kappa shape index (κ2) is 16.7. The molecule has 16 nitrogen and oxygen atoms in total. The van der Waals surface area contributed by atoms with E-state index in [1.54, 1.807) is 62.0 Å². The Labute approximate surface area is 310 Å².